The summed E-state index contributed by atoms with van der Waals surface area (Å²) in [7, 11) is 0. The molecule has 9 heteroatoms. The van der Waals surface area contributed by atoms with Crippen LogP contribution in [-0.4, -0.2) is 43.4 Å². The van der Waals surface area contributed by atoms with Crippen LogP contribution in [0.5, 0.6) is 0 Å². The summed E-state index contributed by atoms with van der Waals surface area (Å²) < 4.78 is 1.78. The number of aromatic nitrogens is 3. The molecule has 2 heterocycles. The van der Waals surface area contributed by atoms with Crippen molar-refractivity contribution >= 4 is 23.7 Å². The first-order chi connectivity index (χ1) is 16.6. The van der Waals surface area contributed by atoms with Gasteiger partial charge in [-0.1, -0.05) is 60.7 Å². The topological polar surface area (TPSA) is 109 Å². The van der Waals surface area contributed by atoms with Crippen molar-refractivity contribution in [2.75, 3.05) is 5.43 Å². The van der Waals surface area contributed by atoms with Crippen LogP contribution in [-0.2, 0) is 14.4 Å². The number of para-hydroxylation sites is 1. The highest BCUT2D eigenvalue weighted by Gasteiger charge is 2.50. The van der Waals surface area contributed by atoms with Crippen molar-refractivity contribution in [2.24, 2.45) is 11.8 Å². The molecule has 0 unspecified atom stereocenters. The number of amides is 3. The minimum Gasteiger partial charge on any atom is -0.274 e. The third-order valence-electron chi connectivity index (χ3n) is 6.32. The molecule has 34 heavy (non-hydrogen) atoms. The molecule has 1 saturated heterocycles. The van der Waals surface area contributed by atoms with Crippen LogP contribution < -0.4 is 10.9 Å². The van der Waals surface area contributed by atoms with Crippen LogP contribution in [0.2, 0.25) is 0 Å². The molecule has 1 aromatic heterocycles. The quantitative estimate of drug-likeness (QED) is 0.335. The fourth-order valence-electron chi connectivity index (χ4n) is 4.51. The molecule has 0 spiro atoms. The maximum Gasteiger partial charge on any atom is 0.261 e. The molecule has 1 aliphatic heterocycles. The standard InChI is InChI=1S/C25H24N6O3/c1-16(30-23(33)19-14-8-9-15-20(19)24(30)34)22(32)27-29-25-28-26-21(17-10-4-2-5-11-17)31(25)18-12-6-3-7-13-18/h2-13,16,19-20H,14-15H2,1H3,(H,27,32)(H,28,29)/t16-,19-,20+/m1/s1. The van der Waals surface area contributed by atoms with Gasteiger partial charge in [-0.25, -0.2) is 0 Å². The Balaban J connectivity index is 1.36. The van der Waals surface area contributed by atoms with Crippen molar-refractivity contribution in [3.8, 4) is 17.1 Å². The first-order valence-corrected chi connectivity index (χ1v) is 11.2. The van der Waals surface area contributed by atoms with Crippen LogP contribution in [0.25, 0.3) is 17.1 Å². The molecule has 172 valence electrons. The van der Waals surface area contributed by atoms with Gasteiger partial charge in [0.15, 0.2) is 5.82 Å². The van der Waals surface area contributed by atoms with E-state index < -0.39 is 11.9 Å². The van der Waals surface area contributed by atoms with Gasteiger partial charge in [-0.2, -0.15) is 0 Å². The molecule has 9 nitrogen and oxygen atoms in total. The molecule has 0 saturated carbocycles. The van der Waals surface area contributed by atoms with E-state index in [-0.39, 0.29) is 23.7 Å². The highest BCUT2D eigenvalue weighted by molar-refractivity contribution is 6.08. The Labute approximate surface area is 196 Å². The monoisotopic (exact) mass is 456 g/mol. The normalized spacial score (nSPS) is 20.2. The van der Waals surface area contributed by atoms with Gasteiger partial charge in [0.25, 0.3) is 5.91 Å². The Morgan fingerprint density at radius 1 is 0.912 bits per heavy atom. The average molecular weight is 457 g/mol. The van der Waals surface area contributed by atoms with Crippen LogP contribution in [0.3, 0.4) is 0 Å². The molecule has 1 fully saturated rings. The van der Waals surface area contributed by atoms with E-state index in [1.165, 1.54) is 0 Å². The summed E-state index contributed by atoms with van der Waals surface area (Å²) in [6.45, 7) is 1.55. The summed E-state index contributed by atoms with van der Waals surface area (Å²) in [5, 5.41) is 8.53. The van der Waals surface area contributed by atoms with E-state index in [9.17, 15) is 14.4 Å². The number of nitrogens with zero attached hydrogens (tertiary/aromatic N) is 4. The zero-order chi connectivity index (χ0) is 23.7. The van der Waals surface area contributed by atoms with Gasteiger partial charge in [-0.05, 0) is 31.9 Å². The summed E-state index contributed by atoms with van der Waals surface area (Å²) in [5.74, 6) is -0.968. The van der Waals surface area contributed by atoms with Crippen molar-refractivity contribution < 1.29 is 14.4 Å². The fraction of sp³-hybridized carbons (Fsp3) is 0.240. The molecule has 5 rings (SSSR count). The van der Waals surface area contributed by atoms with E-state index >= 15 is 0 Å². The van der Waals surface area contributed by atoms with Crippen LogP contribution in [0.1, 0.15) is 19.8 Å². The predicted molar refractivity (Wildman–Crippen MR) is 125 cm³/mol. The lowest BCUT2D eigenvalue weighted by molar-refractivity contribution is -0.147. The predicted octanol–water partition coefficient (Wildman–Crippen LogP) is 2.72. The third kappa shape index (κ3) is 3.75. The number of imide groups is 1. The minimum absolute atomic E-state index is 0.291. The Morgan fingerprint density at radius 3 is 2.12 bits per heavy atom. The maximum absolute atomic E-state index is 12.9. The first-order valence-electron chi connectivity index (χ1n) is 11.2. The molecular formula is C25H24N6O3. The number of carbonyl (C=O) groups excluding carboxylic acids is 3. The molecule has 0 radical (unpaired) electrons. The van der Waals surface area contributed by atoms with Gasteiger partial charge in [0.2, 0.25) is 17.8 Å². The van der Waals surface area contributed by atoms with Crippen molar-refractivity contribution in [3.05, 3.63) is 72.8 Å². The van der Waals surface area contributed by atoms with Crippen molar-refractivity contribution in [2.45, 2.75) is 25.8 Å². The number of allylic oxidation sites excluding steroid dienone is 2. The van der Waals surface area contributed by atoms with Crippen LogP contribution in [0.15, 0.2) is 72.8 Å². The van der Waals surface area contributed by atoms with E-state index in [4.69, 9.17) is 0 Å². The lowest BCUT2D eigenvalue weighted by atomic mass is 9.85. The zero-order valence-electron chi connectivity index (χ0n) is 18.6. The second kappa shape index (κ2) is 8.93. The average Bonchev–Trinajstić information content (AvgIpc) is 3.42. The summed E-state index contributed by atoms with van der Waals surface area (Å²) in [4.78, 5) is 39.7. The smallest absolute Gasteiger partial charge is 0.261 e. The molecule has 1 aliphatic carbocycles. The van der Waals surface area contributed by atoms with E-state index in [2.05, 4.69) is 21.0 Å². The molecular weight excluding hydrogens is 432 g/mol. The number of hydrogen-bond acceptors (Lipinski definition) is 6. The van der Waals surface area contributed by atoms with Crippen molar-refractivity contribution in [1.29, 1.82) is 0 Å². The number of hydrazine groups is 1. The Morgan fingerprint density at radius 2 is 1.50 bits per heavy atom. The van der Waals surface area contributed by atoms with E-state index in [1.54, 1.807) is 11.5 Å². The van der Waals surface area contributed by atoms with Gasteiger partial charge >= 0.3 is 0 Å². The molecule has 2 N–H and O–H groups in total. The second-order valence-electron chi connectivity index (χ2n) is 8.38. The Bertz CT molecular complexity index is 1230. The molecule has 3 aromatic rings. The summed E-state index contributed by atoms with van der Waals surface area (Å²) in [6.07, 6.45) is 4.90. The van der Waals surface area contributed by atoms with E-state index in [0.717, 1.165) is 16.2 Å². The summed E-state index contributed by atoms with van der Waals surface area (Å²) in [6, 6.07) is 18.1. The van der Waals surface area contributed by atoms with Crippen molar-refractivity contribution in [1.82, 2.24) is 25.1 Å². The lowest BCUT2D eigenvalue weighted by Gasteiger charge is -2.22. The van der Waals surface area contributed by atoms with Crippen LogP contribution >= 0.6 is 0 Å². The third-order valence-corrected chi connectivity index (χ3v) is 6.32. The van der Waals surface area contributed by atoms with Gasteiger partial charge < -0.3 is 0 Å². The lowest BCUT2D eigenvalue weighted by Crippen LogP contribution is -2.49. The number of likely N-dealkylation sites (tertiary alicyclic amines) is 1. The number of nitrogens with one attached hydrogen (secondary N) is 2. The number of benzene rings is 2. The summed E-state index contributed by atoms with van der Waals surface area (Å²) in [5.41, 5.74) is 7.09. The maximum atomic E-state index is 12.9. The van der Waals surface area contributed by atoms with Gasteiger partial charge in [0.05, 0.1) is 17.5 Å². The first kappa shape index (κ1) is 21.6. The molecule has 3 atom stereocenters. The number of anilines is 1. The van der Waals surface area contributed by atoms with Gasteiger partial charge in [0.1, 0.15) is 6.04 Å². The van der Waals surface area contributed by atoms with Gasteiger partial charge in [-0.3, -0.25) is 34.7 Å². The molecule has 2 aromatic carbocycles. The number of fused-ring (bicyclic) bond motifs is 1. The van der Waals surface area contributed by atoms with E-state index in [1.807, 2.05) is 72.8 Å². The fourth-order valence-corrected chi connectivity index (χ4v) is 4.51. The number of carbonyl (C=O) groups is 3. The molecule has 0 bridgehead atoms. The SMILES string of the molecule is C[C@H](C(=O)NNc1nnc(-c2ccccc2)n1-c1ccccc1)N1C(=O)[C@H]2CC=CC[C@H]2C1=O. The van der Waals surface area contributed by atoms with Gasteiger partial charge in [0, 0.05) is 5.56 Å². The van der Waals surface area contributed by atoms with Crippen molar-refractivity contribution in [3.63, 3.8) is 0 Å². The Hall–Kier alpha value is -4.27. The summed E-state index contributed by atoms with van der Waals surface area (Å²) >= 11 is 0. The molecule has 3 amide bonds. The highest BCUT2D eigenvalue weighted by Crippen LogP contribution is 2.36. The zero-order valence-corrected chi connectivity index (χ0v) is 18.6. The highest BCUT2D eigenvalue weighted by atomic mass is 16.2. The van der Waals surface area contributed by atoms with Crippen LogP contribution in [0.4, 0.5) is 5.95 Å². The van der Waals surface area contributed by atoms with Crippen LogP contribution in [0, 0.1) is 11.8 Å². The van der Waals surface area contributed by atoms with Gasteiger partial charge in [-0.15, -0.1) is 10.2 Å². The second-order valence-corrected chi connectivity index (χ2v) is 8.38. The minimum atomic E-state index is -0.959. The van der Waals surface area contributed by atoms with E-state index in [0.29, 0.717) is 24.6 Å². The molecule has 2 aliphatic rings. The number of hydrogen-bond donors (Lipinski definition) is 2. The Kier molecular flexibility index (Phi) is 5.67. The number of rotatable bonds is 6. The largest absolute Gasteiger partial charge is 0.274 e.